The van der Waals surface area contributed by atoms with E-state index in [1.54, 1.807) is 32.0 Å². The third-order valence-corrected chi connectivity index (χ3v) is 3.45. The molecule has 1 aromatic heterocycles. The Balaban J connectivity index is 2.30. The number of hydrogen-bond donors (Lipinski definition) is 1. The van der Waals surface area contributed by atoms with E-state index in [4.69, 9.17) is 10.00 Å². The van der Waals surface area contributed by atoms with E-state index in [0.29, 0.717) is 28.4 Å². The van der Waals surface area contributed by atoms with Gasteiger partial charge in [0, 0.05) is 5.69 Å². The number of benzene rings is 1. The first-order valence-electron chi connectivity index (χ1n) is 6.06. The number of carbonyl (C=O) groups excluding carboxylic acids is 1. The lowest BCUT2D eigenvalue weighted by Gasteiger charge is -2.07. The number of rotatable bonds is 4. The number of aromatic nitrogens is 1. The fraction of sp³-hybridized carbons (Fsp3) is 0.214. The van der Waals surface area contributed by atoms with Crippen LogP contribution in [0.1, 0.15) is 28.5 Å². The van der Waals surface area contributed by atoms with E-state index in [2.05, 4.69) is 15.8 Å². The number of esters is 1. The van der Waals surface area contributed by atoms with E-state index in [1.807, 2.05) is 6.07 Å². The van der Waals surface area contributed by atoms with E-state index in [9.17, 15) is 4.79 Å². The molecule has 0 amide bonds. The van der Waals surface area contributed by atoms with Gasteiger partial charge < -0.3 is 10.1 Å². The van der Waals surface area contributed by atoms with Gasteiger partial charge in [-0.1, -0.05) is 6.07 Å². The molecule has 0 aliphatic rings. The highest BCUT2D eigenvalue weighted by atomic mass is 32.1. The summed E-state index contributed by atoms with van der Waals surface area (Å²) >= 11 is 1.19. The van der Waals surface area contributed by atoms with Gasteiger partial charge in [0.25, 0.3) is 0 Å². The maximum Gasteiger partial charge on any atom is 0.343 e. The third-order valence-electron chi connectivity index (χ3n) is 2.59. The topological polar surface area (TPSA) is 75.0 Å². The molecule has 20 heavy (non-hydrogen) atoms. The number of nitriles is 1. The van der Waals surface area contributed by atoms with Gasteiger partial charge in [0.15, 0.2) is 0 Å². The maximum atomic E-state index is 11.9. The van der Waals surface area contributed by atoms with Crippen molar-refractivity contribution in [1.82, 2.24) is 4.37 Å². The molecule has 0 spiro atoms. The van der Waals surface area contributed by atoms with Gasteiger partial charge in [0.1, 0.15) is 10.6 Å². The molecule has 0 bridgehead atoms. The fourth-order valence-corrected chi connectivity index (χ4v) is 2.50. The van der Waals surface area contributed by atoms with E-state index in [0.717, 1.165) is 5.69 Å². The van der Waals surface area contributed by atoms with Crippen LogP contribution in [0, 0.1) is 18.3 Å². The molecule has 0 fully saturated rings. The van der Waals surface area contributed by atoms with Crippen molar-refractivity contribution in [1.29, 1.82) is 5.26 Å². The van der Waals surface area contributed by atoms with Crippen LogP contribution in [-0.4, -0.2) is 16.9 Å². The van der Waals surface area contributed by atoms with Crippen LogP contribution in [-0.2, 0) is 4.74 Å². The molecule has 5 nitrogen and oxygen atoms in total. The van der Waals surface area contributed by atoms with Crippen LogP contribution in [0.4, 0.5) is 10.7 Å². The summed E-state index contributed by atoms with van der Waals surface area (Å²) in [5, 5.41) is 12.6. The zero-order valence-electron chi connectivity index (χ0n) is 11.1. The summed E-state index contributed by atoms with van der Waals surface area (Å²) in [5.41, 5.74) is 2.36. The molecule has 0 aliphatic heterocycles. The average Bonchev–Trinajstić information content (AvgIpc) is 2.80. The number of aryl methyl sites for hydroxylation is 1. The van der Waals surface area contributed by atoms with Gasteiger partial charge in [0.2, 0.25) is 0 Å². The predicted molar refractivity (Wildman–Crippen MR) is 77.2 cm³/mol. The first kappa shape index (κ1) is 14.0. The Morgan fingerprint density at radius 3 is 3.05 bits per heavy atom. The van der Waals surface area contributed by atoms with Gasteiger partial charge >= 0.3 is 5.97 Å². The highest BCUT2D eigenvalue weighted by Crippen LogP contribution is 2.28. The van der Waals surface area contributed by atoms with E-state index < -0.39 is 5.97 Å². The fourth-order valence-electron chi connectivity index (χ4n) is 1.70. The Hall–Kier alpha value is -2.39. The SMILES string of the molecule is CCOC(=O)c1c(C)nsc1Nc1cccc(C#N)c1. The second kappa shape index (κ2) is 6.17. The van der Waals surface area contributed by atoms with Crippen LogP contribution in [0.5, 0.6) is 0 Å². The van der Waals surface area contributed by atoms with Crippen molar-refractivity contribution in [3.8, 4) is 6.07 Å². The number of anilines is 2. The largest absolute Gasteiger partial charge is 0.462 e. The van der Waals surface area contributed by atoms with Crippen LogP contribution in [0.15, 0.2) is 24.3 Å². The van der Waals surface area contributed by atoms with Crippen LogP contribution in [0.3, 0.4) is 0 Å². The van der Waals surface area contributed by atoms with Crippen molar-refractivity contribution in [2.45, 2.75) is 13.8 Å². The molecule has 1 N–H and O–H groups in total. The summed E-state index contributed by atoms with van der Waals surface area (Å²) in [6, 6.07) is 9.10. The van der Waals surface area contributed by atoms with Crippen LogP contribution in [0.2, 0.25) is 0 Å². The summed E-state index contributed by atoms with van der Waals surface area (Å²) in [6.45, 7) is 3.84. The van der Waals surface area contributed by atoms with Crippen molar-refractivity contribution in [3.05, 3.63) is 41.1 Å². The zero-order chi connectivity index (χ0) is 14.5. The lowest BCUT2D eigenvalue weighted by atomic mass is 10.2. The number of ether oxygens (including phenoxy) is 1. The van der Waals surface area contributed by atoms with Gasteiger partial charge in [-0.3, -0.25) is 0 Å². The average molecular weight is 287 g/mol. The summed E-state index contributed by atoms with van der Waals surface area (Å²) in [7, 11) is 0. The number of nitrogens with zero attached hydrogens (tertiary/aromatic N) is 2. The first-order chi connectivity index (χ1) is 9.65. The van der Waals surface area contributed by atoms with E-state index in [-0.39, 0.29) is 0 Å². The third kappa shape index (κ3) is 2.95. The van der Waals surface area contributed by atoms with Crippen LogP contribution >= 0.6 is 11.5 Å². The summed E-state index contributed by atoms with van der Waals surface area (Å²) < 4.78 is 9.20. The summed E-state index contributed by atoms with van der Waals surface area (Å²) in [5.74, 6) is -0.391. The Kier molecular flexibility index (Phi) is 4.33. The molecule has 0 unspecified atom stereocenters. The number of hydrogen-bond acceptors (Lipinski definition) is 6. The lowest BCUT2D eigenvalue weighted by Crippen LogP contribution is -2.07. The summed E-state index contributed by atoms with van der Waals surface area (Å²) in [6.07, 6.45) is 0. The van der Waals surface area contributed by atoms with E-state index in [1.165, 1.54) is 11.5 Å². The van der Waals surface area contributed by atoms with Gasteiger partial charge in [-0.2, -0.15) is 9.64 Å². The zero-order valence-corrected chi connectivity index (χ0v) is 12.0. The Morgan fingerprint density at radius 1 is 1.55 bits per heavy atom. The first-order valence-corrected chi connectivity index (χ1v) is 6.83. The van der Waals surface area contributed by atoms with Crippen molar-refractivity contribution in [3.63, 3.8) is 0 Å². The second-order valence-corrected chi connectivity index (χ2v) is 4.78. The molecule has 1 aromatic carbocycles. The molecule has 0 saturated heterocycles. The minimum Gasteiger partial charge on any atom is -0.462 e. The highest BCUT2D eigenvalue weighted by molar-refractivity contribution is 7.10. The smallest absolute Gasteiger partial charge is 0.343 e. The van der Waals surface area contributed by atoms with Crippen molar-refractivity contribution in [2.24, 2.45) is 0 Å². The van der Waals surface area contributed by atoms with Gasteiger partial charge in [-0.15, -0.1) is 0 Å². The molecule has 102 valence electrons. The molecular weight excluding hydrogens is 274 g/mol. The van der Waals surface area contributed by atoms with Gasteiger partial charge in [-0.05, 0) is 43.6 Å². The quantitative estimate of drug-likeness (QED) is 0.874. The lowest BCUT2D eigenvalue weighted by molar-refractivity contribution is 0.0527. The molecule has 2 aromatic rings. The Bertz CT molecular complexity index is 673. The molecule has 2 rings (SSSR count). The normalized spacial score (nSPS) is 9.85. The molecule has 0 atom stereocenters. The highest BCUT2D eigenvalue weighted by Gasteiger charge is 2.19. The Morgan fingerprint density at radius 2 is 2.35 bits per heavy atom. The van der Waals surface area contributed by atoms with E-state index >= 15 is 0 Å². The summed E-state index contributed by atoms with van der Waals surface area (Å²) in [4.78, 5) is 11.9. The minimum atomic E-state index is -0.391. The van der Waals surface area contributed by atoms with Gasteiger partial charge in [-0.25, -0.2) is 4.79 Å². The van der Waals surface area contributed by atoms with Crippen LogP contribution in [0.25, 0.3) is 0 Å². The molecule has 0 aliphatic carbocycles. The van der Waals surface area contributed by atoms with Crippen LogP contribution < -0.4 is 5.32 Å². The molecule has 0 radical (unpaired) electrons. The molecule has 1 heterocycles. The number of nitrogens with one attached hydrogen (secondary N) is 1. The molecular formula is C14H13N3O2S. The monoisotopic (exact) mass is 287 g/mol. The maximum absolute atomic E-state index is 11.9. The van der Waals surface area contributed by atoms with Crippen molar-refractivity contribution in [2.75, 3.05) is 11.9 Å². The minimum absolute atomic E-state index is 0.317. The molecule has 0 saturated carbocycles. The van der Waals surface area contributed by atoms with Gasteiger partial charge in [0.05, 0.1) is 23.9 Å². The van der Waals surface area contributed by atoms with Crippen molar-refractivity contribution < 1.29 is 9.53 Å². The van der Waals surface area contributed by atoms with Crippen molar-refractivity contribution >= 4 is 28.2 Å². The standard InChI is InChI=1S/C14H13N3O2S/c1-3-19-14(18)12-9(2)17-20-13(12)16-11-6-4-5-10(7-11)8-15/h4-7,16H,3H2,1-2H3. The second-order valence-electron chi connectivity index (χ2n) is 4.01. The molecule has 6 heteroatoms. The Labute approximate surface area is 121 Å². The predicted octanol–water partition coefficient (Wildman–Crippen LogP) is 3.24. The number of carbonyl (C=O) groups is 1.